The Labute approximate surface area is 197 Å². The predicted octanol–water partition coefficient (Wildman–Crippen LogP) is 3.69. The third-order valence-electron chi connectivity index (χ3n) is 5.61. The van der Waals surface area contributed by atoms with Gasteiger partial charge in [0.15, 0.2) is 5.78 Å². The maximum Gasteiger partial charge on any atom is 0.257 e. The van der Waals surface area contributed by atoms with Gasteiger partial charge in [-0.25, -0.2) is 0 Å². The van der Waals surface area contributed by atoms with Gasteiger partial charge in [0.05, 0.1) is 36.0 Å². The van der Waals surface area contributed by atoms with Crippen LogP contribution in [0.1, 0.15) is 37.7 Å². The van der Waals surface area contributed by atoms with Crippen molar-refractivity contribution in [3.05, 3.63) is 105 Å². The molecule has 0 fully saturated rings. The summed E-state index contributed by atoms with van der Waals surface area (Å²) in [6, 6.07) is 17.5. The molecule has 0 bridgehead atoms. The zero-order valence-corrected chi connectivity index (χ0v) is 19.5. The van der Waals surface area contributed by atoms with Gasteiger partial charge < -0.3 is 14.2 Å². The maximum absolute atomic E-state index is 13.5. The summed E-state index contributed by atoms with van der Waals surface area (Å²) in [6.07, 6.45) is 1.58. The first-order valence-electron chi connectivity index (χ1n) is 10.8. The van der Waals surface area contributed by atoms with Crippen molar-refractivity contribution in [2.24, 2.45) is 0 Å². The summed E-state index contributed by atoms with van der Waals surface area (Å²) < 4.78 is 7.16. The molecule has 2 aromatic heterocycles. The van der Waals surface area contributed by atoms with Gasteiger partial charge in [0.1, 0.15) is 5.75 Å². The van der Waals surface area contributed by atoms with Crippen LogP contribution in [0.25, 0.3) is 10.9 Å². The van der Waals surface area contributed by atoms with E-state index in [4.69, 9.17) is 4.74 Å². The van der Waals surface area contributed by atoms with Crippen molar-refractivity contribution in [3.8, 4) is 5.75 Å². The first-order valence-corrected chi connectivity index (χ1v) is 10.8. The summed E-state index contributed by atoms with van der Waals surface area (Å²) in [6.45, 7) is 2.31. The molecule has 4 aromatic rings. The summed E-state index contributed by atoms with van der Waals surface area (Å²) in [4.78, 5) is 45.4. The Kier molecular flexibility index (Phi) is 6.27. The molecule has 0 aliphatic heterocycles. The van der Waals surface area contributed by atoms with E-state index >= 15 is 0 Å². The minimum Gasteiger partial charge on any atom is -0.496 e. The monoisotopic (exact) mass is 455 g/mol. The summed E-state index contributed by atoms with van der Waals surface area (Å²) in [5.41, 5.74) is 2.57. The zero-order valence-electron chi connectivity index (χ0n) is 19.5. The topological polar surface area (TPSA) is 81.5 Å². The molecular formula is C27H25N3O4. The van der Waals surface area contributed by atoms with Crippen molar-refractivity contribution in [1.82, 2.24) is 14.5 Å². The van der Waals surface area contributed by atoms with Crippen LogP contribution in [0.3, 0.4) is 0 Å². The molecule has 0 spiro atoms. The molecule has 0 N–H and O–H groups in total. The fraction of sp³-hybridized carbons (Fsp3) is 0.185. The van der Waals surface area contributed by atoms with Crippen molar-refractivity contribution in [3.63, 3.8) is 0 Å². The van der Waals surface area contributed by atoms with E-state index < -0.39 is 5.78 Å². The number of methoxy groups -OCH3 is 1. The molecular weight excluding hydrogens is 430 g/mol. The van der Waals surface area contributed by atoms with Crippen LogP contribution in [-0.2, 0) is 6.54 Å². The van der Waals surface area contributed by atoms with E-state index in [0.29, 0.717) is 23.2 Å². The minimum absolute atomic E-state index is 0.0276. The van der Waals surface area contributed by atoms with Crippen molar-refractivity contribution >= 4 is 22.6 Å². The molecule has 34 heavy (non-hydrogen) atoms. The average molecular weight is 456 g/mol. The molecule has 7 heteroatoms. The molecule has 0 radical (unpaired) electrons. The number of pyridine rings is 2. The van der Waals surface area contributed by atoms with Gasteiger partial charge >= 0.3 is 0 Å². The number of fused-ring (bicyclic) bond motifs is 1. The standard InChI is InChI=1S/C27H25N3O4/c1-17-8-7-9-19(28-17)15-30-16-22(26(32)20-10-5-6-11-23(20)30)25(31)18-12-13-24(34-4)21(14-18)27(33)29(2)3/h5-14,16H,15H2,1-4H3. The van der Waals surface area contributed by atoms with Crippen LogP contribution >= 0.6 is 0 Å². The van der Waals surface area contributed by atoms with Gasteiger partial charge in [0.25, 0.3) is 5.91 Å². The normalized spacial score (nSPS) is 10.8. The summed E-state index contributed by atoms with van der Waals surface area (Å²) in [5.74, 6) is -0.401. The Morgan fingerprint density at radius 3 is 2.47 bits per heavy atom. The van der Waals surface area contributed by atoms with E-state index in [-0.39, 0.29) is 28.0 Å². The highest BCUT2D eigenvalue weighted by Crippen LogP contribution is 2.23. The Morgan fingerprint density at radius 2 is 1.76 bits per heavy atom. The Bertz CT molecular complexity index is 1470. The van der Waals surface area contributed by atoms with Gasteiger partial charge in [0.2, 0.25) is 5.43 Å². The SMILES string of the molecule is COc1ccc(C(=O)c2cn(Cc3cccc(C)n3)c3ccccc3c2=O)cc1C(=O)N(C)C. The number of aromatic nitrogens is 2. The number of hydrogen-bond donors (Lipinski definition) is 0. The van der Waals surface area contributed by atoms with Crippen molar-refractivity contribution in [2.75, 3.05) is 21.2 Å². The maximum atomic E-state index is 13.5. The molecule has 2 aromatic carbocycles. The highest BCUT2D eigenvalue weighted by atomic mass is 16.5. The first kappa shape index (κ1) is 22.9. The lowest BCUT2D eigenvalue weighted by molar-refractivity contribution is 0.0824. The lowest BCUT2D eigenvalue weighted by Gasteiger charge is -2.15. The molecule has 0 saturated carbocycles. The number of ether oxygens (including phenoxy) is 1. The molecule has 2 heterocycles. The molecule has 1 amide bonds. The number of rotatable bonds is 6. The van der Waals surface area contributed by atoms with Crippen LogP contribution in [-0.4, -0.2) is 47.3 Å². The van der Waals surface area contributed by atoms with E-state index in [1.54, 1.807) is 44.6 Å². The van der Waals surface area contributed by atoms with Crippen LogP contribution in [0.15, 0.2) is 71.7 Å². The zero-order chi connectivity index (χ0) is 24.4. The van der Waals surface area contributed by atoms with Crippen LogP contribution in [0.2, 0.25) is 0 Å². The molecule has 172 valence electrons. The van der Waals surface area contributed by atoms with Crippen LogP contribution in [0.5, 0.6) is 5.75 Å². The number of nitrogens with zero attached hydrogens (tertiary/aromatic N) is 3. The fourth-order valence-electron chi connectivity index (χ4n) is 3.91. The predicted molar refractivity (Wildman–Crippen MR) is 131 cm³/mol. The summed E-state index contributed by atoms with van der Waals surface area (Å²) >= 11 is 0. The second kappa shape index (κ2) is 9.31. The largest absolute Gasteiger partial charge is 0.496 e. The van der Waals surface area contributed by atoms with E-state index in [2.05, 4.69) is 4.98 Å². The highest BCUT2D eigenvalue weighted by Gasteiger charge is 2.21. The smallest absolute Gasteiger partial charge is 0.257 e. The molecule has 7 nitrogen and oxygen atoms in total. The third-order valence-corrected chi connectivity index (χ3v) is 5.61. The van der Waals surface area contributed by atoms with Gasteiger partial charge in [-0.05, 0) is 49.4 Å². The van der Waals surface area contributed by atoms with Crippen LogP contribution in [0.4, 0.5) is 0 Å². The lowest BCUT2D eigenvalue weighted by atomic mass is 9.99. The van der Waals surface area contributed by atoms with Crippen LogP contribution < -0.4 is 10.2 Å². The number of amides is 1. The van der Waals surface area contributed by atoms with Crippen LogP contribution in [0, 0.1) is 6.92 Å². The quantitative estimate of drug-likeness (QED) is 0.414. The van der Waals surface area contributed by atoms with E-state index in [1.807, 2.05) is 41.8 Å². The molecule has 0 aliphatic rings. The highest BCUT2D eigenvalue weighted by molar-refractivity contribution is 6.11. The molecule has 0 atom stereocenters. The third kappa shape index (κ3) is 4.32. The number of ketones is 1. The summed E-state index contributed by atoms with van der Waals surface area (Å²) in [7, 11) is 4.71. The van der Waals surface area contributed by atoms with Crippen molar-refractivity contribution in [1.29, 1.82) is 0 Å². The molecule has 0 saturated heterocycles. The fourth-order valence-corrected chi connectivity index (χ4v) is 3.91. The van der Waals surface area contributed by atoms with Gasteiger partial charge in [0, 0.05) is 36.9 Å². The van der Waals surface area contributed by atoms with Crippen molar-refractivity contribution < 1.29 is 14.3 Å². The van der Waals surface area contributed by atoms with E-state index in [0.717, 1.165) is 11.4 Å². The average Bonchev–Trinajstić information content (AvgIpc) is 2.84. The van der Waals surface area contributed by atoms with E-state index in [1.165, 1.54) is 18.1 Å². The Hall–Kier alpha value is -4.26. The number of aryl methyl sites for hydroxylation is 1. The second-order valence-corrected chi connectivity index (χ2v) is 8.23. The number of carbonyl (C=O) groups is 2. The minimum atomic E-state index is -0.461. The van der Waals surface area contributed by atoms with Gasteiger partial charge in [-0.3, -0.25) is 19.4 Å². The first-order chi connectivity index (χ1) is 16.3. The number of carbonyl (C=O) groups excluding carboxylic acids is 2. The molecule has 4 rings (SSSR count). The Balaban J connectivity index is 1.85. The van der Waals surface area contributed by atoms with Crippen molar-refractivity contribution in [2.45, 2.75) is 13.5 Å². The van der Waals surface area contributed by atoms with E-state index in [9.17, 15) is 14.4 Å². The molecule has 0 aliphatic carbocycles. The lowest BCUT2D eigenvalue weighted by Crippen LogP contribution is -2.23. The van der Waals surface area contributed by atoms with Gasteiger partial charge in [-0.1, -0.05) is 18.2 Å². The number of benzene rings is 2. The number of para-hydroxylation sites is 1. The number of hydrogen-bond acceptors (Lipinski definition) is 5. The second-order valence-electron chi connectivity index (χ2n) is 8.23. The van der Waals surface area contributed by atoms with Gasteiger partial charge in [-0.15, -0.1) is 0 Å². The molecule has 0 unspecified atom stereocenters. The van der Waals surface area contributed by atoms with Gasteiger partial charge in [-0.2, -0.15) is 0 Å². The summed E-state index contributed by atoms with van der Waals surface area (Å²) in [5, 5.41) is 0.444. The Morgan fingerprint density at radius 1 is 1.00 bits per heavy atom.